The molecule has 1 aromatic rings. The molecule has 2 aliphatic heterocycles. The number of likely N-dealkylation sites (tertiary alicyclic amines) is 2. The van der Waals surface area contributed by atoms with Crippen LogP contribution in [0.4, 0.5) is 0 Å². The summed E-state index contributed by atoms with van der Waals surface area (Å²) in [7, 11) is 3.47. The molecule has 7 heteroatoms. The Morgan fingerprint density at radius 3 is 2.86 bits per heavy atom. The fourth-order valence-corrected chi connectivity index (χ4v) is 3.42. The molecule has 1 aromatic heterocycles. The van der Waals surface area contributed by atoms with E-state index in [1.165, 1.54) is 0 Å². The van der Waals surface area contributed by atoms with E-state index in [9.17, 15) is 9.59 Å². The number of piperidine rings is 1. The number of hydrogen-bond acceptors (Lipinski definition) is 4. The molecule has 2 unspecified atom stereocenters. The fraction of sp³-hybridized carbons (Fsp3) is 0.667. The Morgan fingerprint density at radius 1 is 1.36 bits per heavy atom. The highest BCUT2D eigenvalue weighted by molar-refractivity contribution is 5.91. The van der Waals surface area contributed by atoms with Crippen molar-refractivity contribution in [1.29, 1.82) is 0 Å². The third-order valence-corrected chi connectivity index (χ3v) is 4.71. The van der Waals surface area contributed by atoms with Gasteiger partial charge in [-0.1, -0.05) is 0 Å². The van der Waals surface area contributed by atoms with Crippen molar-refractivity contribution >= 4 is 11.8 Å². The van der Waals surface area contributed by atoms with Crippen molar-refractivity contribution in [2.75, 3.05) is 33.7 Å². The molecule has 7 nitrogen and oxygen atoms in total. The van der Waals surface area contributed by atoms with Crippen LogP contribution in [0.5, 0.6) is 0 Å². The van der Waals surface area contributed by atoms with Crippen LogP contribution in [0.2, 0.25) is 0 Å². The largest absolute Gasteiger partial charge is 0.354 e. The van der Waals surface area contributed by atoms with Crippen LogP contribution in [0, 0.1) is 0 Å². The van der Waals surface area contributed by atoms with Crippen molar-refractivity contribution in [3.63, 3.8) is 0 Å². The maximum absolute atomic E-state index is 12.2. The Labute approximate surface area is 130 Å². The number of rotatable bonds is 3. The summed E-state index contributed by atoms with van der Waals surface area (Å²) in [5, 5.41) is 6.97. The molecule has 0 aliphatic carbocycles. The molecule has 120 valence electrons. The summed E-state index contributed by atoms with van der Waals surface area (Å²) >= 11 is 0. The van der Waals surface area contributed by atoms with Crippen molar-refractivity contribution in [2.45, 2.75) is 31.3 Å². The molecule has 2 amide bonds. The number of carbonyl (C=O) groups is 2. The predicted octanol–water partition coefficient (Wildman–Crippen LogP) is 0.110. The van der Waals surface area contributed by atoms with E-state index in [1.807, 2.05) is 22.8 Å². The van der Waals surface area contributed by atoms with Crippen LogP contribution >= 0.6 is 0 Å². The second-order valence-corrected chi connectivity index (χ2v) is 6.12. The minimum atomic E-state index is -0.168. The van der Waals surface area contributed by atoms with Gasteiger partial charge in [-0.05, 0) is 31.9 Å². The first-order chi connectivity index (χ1) is 10.6. The summed E-state index contributed by atoms with van der Waals surface area (Å²) in [6, 6.07) is 1.99. The van der Waals surface area contributed by atoms with E-state index in [0.717, 1.165) is 38.9 Å². The van der Waals surface area contributed by atoms with Gasteiger partial charge >= 0.3 is 0 Å². The van der Waals surface area contributed by atoms with E-state index in [4.69, 9.17) is 0 Å². The van der Waals surface area contributed by atoms with E-state index in [0.29, 0.717) is 5.69 Å². The van der Waals surface area contributed by atoms with Gasteiger partial charge in [-0.25, -0.2) is 0 Å². The average Bonchev–Trinajstić information content (AvgIpc) is 3.15. The van der Waals surface area contributed by atoms with E-state index in [2.05, 4.69) is 15.3 Å². The first kappa shape index (κ1) is 15.0. The van der Waals surface area contributed by atoms with Crippen LogP contribution in [0.1, 0.15) is 35.8 Å². The number of aromatic nitrogens is 2. The average molecular weight is 305 g/mol. The van der Waals surface area contributed by atoms with Crippen molar-refractivity contribution in [3.8, 4) is 0 Å². The summed E-state index contributed by atoms with van der Waals surface area (Å²) < 4.78 is 1.87. The Kier molecular flexibility index (Phi) is 4.15. The monoisotopic (exact) mass is 305 g/mol. The second kappa shape index (κ2) is 6.08. The molecule has 2 atom stereocenters. The van der Waals surface area contributed by atoms with Gasteiger partial charge in [0.15, 0.2) is 0 Å². The van der Waals surface area contributed by atoms with Crippen molar-refractivity contribution in [3.05, 3.63) is 18.0 Å². The maximum atomic E-state index is 12.2. The molecule has 0 saturated carbocycles. The van der Waals surface area contributed by atoms with Crippen LogP contribution in [-0.2, 0) is 4.79 Å². The molecule has 0 spiro atoms. The lowest BCUT2D eigenvalue weighted by atomic mass is 10.0. The van der Waals surface area contributed by atoms with Gasteiger partial charge in [0.1, 0.15) is 5.69 Å². The lowest BCUT2D eigenvalue weighted by Crippen LogP contribution is -2.46. The zero-order chi connectivity index (χ0) is 15.7. The number of nitrogens with zero attached hydrogens (tertiary/aromatic N) is 4. The smallest absolute Gasteiger partial charge is 0.271 e. The van der Waals surface area contributed by atoms with E-state index in [1.54, 1.807) is 13.1 Å². The predicted molar refractivity (Wildman–Crippen MR) is 81.5 cm³/mol. The van der Waals surface area contributed by atoms with Crippen LogP contribution in [0.25, 0.3) is 0 Å². The number of carbonyl (C=O) groups excluding carboxylic acids is 2. The zero-order valence-electron chi connectivity index (χ0n) is 13.2. The second-order valence-electron chi connectivity index (χ2n) is 6.12. The highest BCUT2D eigenvalue weighted by atomic mass is 16.2. The molecule has 1 N–H and O–H groups in total. The molecule has 2 fully saturated rings. The van der Waals surface area contributed by atoms with Gasteiger partial charge in [0.2, 0.25) is 5.91 Å². The van der Waals surface area contributed by atoms with Gasteiger partial charge in [-0.3, -0.25) is 19.2 Å². The van der Waals surface area contributed by atoms with E-state index < -0.39 is 0 Å². The zero-order valence-corrected chi connectivity index (χ0v) is 13.2. The summed E-state index contributed by atoms with van der Waals surface area (Å²) in [5.74, 6) is 0.0613. The molecule has 2 aliphatic rings. The first-order valence-corrected chi connectivity index (χ1v) is 7.86. The number of hydrogen-bond donors (Lipinski definition) is 1. The number of nitrogens with one attached hydrogen (secondary N) is 1. The standard InChI is InChI=1S/C15H23N5O2/c1-16-14(21)12-5-9-20(17-12)11-4-3-7-19(10-11)13-6-8-18(2)15(13)22/h5,9,11,13H,3-4,6-8,10H2,1-2H3,(H,16,21). The lowest BCUT2D eigenvalue weighted by molar-refractivity contribution is -0.131. The van der Waals surface area contributed by atoms with Gasteiger partial charge in [-0.15, -0.1) is 0 Å². The lowest BCUT2D eigenvalue weighted by Gasteiger charge is -2.35. The Morgan fingerprint density at radius 2 is 2.18 bits per heavy atom. The fourth-order valence-electron chi connectivity index (χ4n) is 3.42. The van der Waals surface area contributed by atoms with Crippen molar-refractivity contribution in [2.24, 2.45) is 0 Å². The molecule has 0 radical (unpaired) electrons. The van der Waals surface area contributed by atoms with Crippen LogP contribution in [-0.4, -0.2) is 71.2 Å². The Hall–Kier alpha value is -1.89. The SMILES string of the molecule is CNC(=O)c1ccn(C2CCCN(C3CCN(C)C3=O)C2)n1. The van der Waals surface area contributed by atoms with E-state index >= 15 is 0 Å². The molecule has 0 aromatic carbocycles. The molecule has 0 bridgehead atoms. The first-order valence-electron chi connectivity index (χ1n) is 7.86. The molecule has 2 saturated heterocycles. The third-order valence-electron chi connectivity index (χ3n) is 4.71. The maximum Gasteiger partial charge on any atom is 0.271 e. The molecule has 3 heterocycles. The van der Waals surface area contributed by atoms with Gasteiger partial charge < -0.3 is 10.2 Å². The highest BCUT2D eigenvalue weighted by Crippen LogP contribution is 2.26. The molecule has 3 rings (SSSR count). The highest BCUT2D eigenvalue weighted by Gasteiger charge is 2.36. The molecule has 22 heavy (non-hydrogen) atoms. The number of likely N-dealkylation sites (N-methyl/N-ethyl adjacent to an activating group) is 1. The Bertz CT molecular complexity index is 570. The number of amides is 2. The van der Waals surface area contributed by atoms with Crippen LogP contribution in [0.15, 0.2) is 12.3 Å². The Balaban J connectivity index is 1.69. The topological polar surface area (TPSA) is 70.5 Å². The normalized spacial score (nSPS) is 26.5. The van der Waals surface area contributed by atoms with Crippen LogP contribution in [0.3, 0.4) is 0 Å². The summed E-state index contributed by atoms with van der Waals surface area (Å²) in [4.78, 5) is 27.9. The summed E-state index contributed by atoms with van der Waals surface area (Å²) in [6.07, 6.45) is 4.85. The van der Waals surface area contributed by atoms with Gasteiger partial charge in [0.05, 0.1) is 12.1 Å². The van der Waals surface area contributed by atoms with Gasteiger partial charge in [0.25, 0.3) is 5.91 Å². The van der Waals surface area contributed by atoms with Crippen LogP contribution < -0.4 is 5.32 Å². The molecular weight excluding hydrogens is 282 g/mol. The summed E-state index contributed by atoms with van der Waals surface area (Å²) in [5.41, 5.74) is 0.441. The minimum Gasteiger partial charge on any atom is -0.354 e. The minimum absolute atomic E-state index is 0.0155. The quantitative estimate of drug-likeness (QED) is 0.860. The third kappa shape index (κ3) is 2.72. The van der Waals surface area contributed by atoms with Crippen molar-refractivity contribution < 1.29 is 9.59 Å². The van der Waals surface area contributed by atoms with Gasteiger partial charge in [0, 0.05) is 33.4 Å². The molecular formula is C15H23N5O2. The van der Waals surface area contributed by atoms with Gasteiger partial charge in [-0.2, -0.15) is 5.10 Å². The van der Waals surface area contributed by atoms with E-state index in [-0.39, 0.29) is 23.9 Å². The summed E-state index contributed by atoms with van der Waals surface area (Å²) in [6.45, 7) is 2.62. The van der Waals surface area contributed by atoms with Crippen molar-refractivity contribution in [1.82, 2.24) is 24.9 Å².